The summed E-state index contributed by atoms with van der Waals surface area (Å²) in [6.07, 6.45) is 3.54. The lowest BCUT2D eigenvalue weighted by molar-refractivity contribution is 0.312. The first-order valence-corrected chi connectivity index (χ1v) is 6.27. The van der Waals surface area contributed by atoms with Gasteiger partial charge in [0, 0.05) is 0 Å². The van der Waals surface area contributed by atoms with Crippen LogP contribution in [-0.2, 0) is 0 Å². The van der Waals surface area contributed by atoms with Gasteiger partial charge in [0.15, 0.2) is 0 Å². The fourth-order valence-corrected chi connectivity index (χ4v) is 2.83. The Morgan fingerprint density at radius 1 is 1.38 bits per heavy atom. The van der Waals surface area contributed by atoms with Crippen LogP contribution in [0.5, 0.6) is 0 Å². The topological polar surface area (TPSA) is 12.0 Å². The zero-order valence-corrected chi connectivity index (χ0v) is 9.88. The molecule has 0 saturated carbocycles. The lowest BCUT2D eigenvalue weighted by atomic mass is 9.79. The first-order chi connectivity index (χ1) is 7.81. The van der Waals surface area contributed by atoms with E-state index in [4.69, 9.17) is 0 Å². The lowest BCUT2D eigenvalue weighted by Crippen LogP contribution is -2.30. The summed E-state index contributed by atoms with van der Waals surface area (Å²) < 4.78 is 13.2. The van der Waals surface area contributed by atoms with Gasteiger partial charge in [0.2, 0.25) is 0 Å². The number of benzene rings is 1. The van der Waals surface area contributed by atoms with Gasteiger partial charge in [0.1, 0.15) is 5.82 Å². The van der Waals surface area contributed by atoms with E-state index in [9.17, 15) is 4.39 Å². The van der Waals surface area contributed by atoms with Crippen LogP contribution in [0.25, 0.3) is 0 Å². The molecular weight excluding hydrogens is 201 g/mol. The molecule has 2 heteroatoms. The second kappa shape index (κ2) is 5.44. The Labute approximate surface area is 97.1 Å². The molecular formula is C14H20FN. The minimum absolute atomic E-state index is 0.107. The molecule has 0 aromatic heterocycles. The predicted octanol–water partition coefficient (Wildman–Crippen LogP) is 3.32. The first kappa shape index (κ1) is 11.6. The molecule has 0 spiro atoms. The van der Waals surface area contributed by atoms with Crippen LogP contribution in [-0.4, -0.2) is 13.1 Å². The van der Waals surface area contributed by atoms with E-state index < -0.39 is 0 Å². The molecule has 88 valence electrons. The molecule has 1 aliphatic rings. The molecule has 0 radical (unpaired) electrons. The summed E-state index contributed by atoms with van der Waals surface area (Å²) in [6, 6.07) is 7.13. The van der Waals surface area contributed by atoms with E-state index in [0.29, 0.717) is 11.8 Å². The van der Waals surface area contributed by atoms with Crippen LogP contribution in [0.3, 0.4) is 0 Å². The zero-order valence-electron chi connectivity index (χ0n) is 9.88. The average Bonchev–Trinajstić information content (AvgIpc) is 2.31. The van der Waals surface area contributed by atoms with Crippen molar-refractivity contribution in [2.75, 3.05) is 13.1 Å². The maximum atomic E-state index is 13.2. The highest BCUT2D eigenvalue weighted by Gasteiger charge is 2.23. The normalized spacial score (nSPS) is 19.6. The molecule has 1 aliphatic heterocycles. The third-order valence-corrected chi connectivity index (χ3v) is 3.67. The number of halogens is 1. The van der Waals surface area contributed by atoms with Crippen LogP contribution in [0.1, 0.15) is 37.7 Å². The van der Waals surface area contributed by atoms with Gasteiger partial charge < -0.3 is 5.32 Å². The minimum Gasteiger partial charge on any atom is -0.317 e. The number of hydrogen-bond donors (Lipinski definition) is 1. The molecule has 2 rings (SSSR count). The Hall–Kier alpha value is -0.890. The molecule has 1 aromatic rings. The van der Waals surface area contributed by atoms with Gasteiger partial charge in [-0.2, -0.15) is 0 Å². The van der Waals surface area contributed by atoms with E-state index >= 15 is 0 Å². The van der Waals surface area contributed by atoms with Gasteiger partial charge in [0.25, 0.3) is 0 Å². The molecule has 1 saturated heterocycles. The summed E-state index contributed by atoms with van der Waals surface area (Å²) in [5.41, 5.74) is 1.18. The van der Waals surface area contributed by atoms with Crippen molar-refractivity contribution < 1.29 is 4.39 Å². The second-order valence-corrected chi connectivity index (χ2v) is 4.66. The molecule has 1 aromatic carbocycles. The van der Waals surface area contributed by atoms with Gasteiger partial charge in [0.05, 0.1) is 0 Å². The van der Waals surface area contributed by atoms with Crippen molar-refractivity contribution in [1.82, 2.24) is 5.32 Å². The van der Waals surface area contributed by atoms with Gasteiger partial charge in [-0.1, -0.05) is 19.1 Å². The van der Waals surface area contributed by atoms with E-state index in [1.165, 1.54) is 24.5 Å². The van der Waals surface area contributed by atoms with E-state index in [-0.39, 0.29) is 5.82 Å². The van der Waals surface area contributed by atoms with Crippen molar-refractivity contribution in [2.45, 2.75) is 32.1 Å². The second-order valence-electron chi connectivity index (χ2n) is 4.66. The van der Waals surface area contributed by atoms with E-state index in [1.54, 1.807) is 6.07 Å². The van der Waals surface area contributed by atoms with Crippen molar-refractivity contribution in [3.8, 4) is 0 Å². The van der Waals surface area contributed by atoms with Gasteiger partial charge >= 0.3 is 0 Å². The van der Waals surface area contributed by atoms with Crippen molar-refractivity contribution in [2.24, 2.45) is 5.92 Å². The number of hydrogen-bond acceptors (Lipinski definition) is 1. The molecule has 1 heterocycles. The van der Waals surface area contributed by atoms with Crippen molar-refractivity contribution in [1.29, 1.82) is 0 Å². The van der Waals surface area contributed by atoms with Gasteiger partial charge in [-0.3, -0.25) is 0 Å². The Bertz CT molecular complexity index is 331. The molecule has 1 nitrogen and oxygen atoms in total. The number of piperidine rings is 1. The van der Waals surface area contributed by atoms with Gasteiger partial charge in [-0.15, -0.1) is 0 Å². The maximum absolute atomic E-state index is 13.2. The van der Waals surface area contributed by atoms with Crippen LogP contribution in [0.15, 0.2) is 24.3 Å². The van der Waals surface area contributed by atoms with Crippen LogP contribution < -0.4 is 5.32 Å². The van der Waals surface area contributed by atoms with Crippen molar-refractivity contribution in [3.63, 3.8) is 0 Å². The molecule has 1 fully saturated rings. The van der Waals surface area contributed by atoms with Crippen LogP contribution >= 0.6 is 0 Å². The third-order valence-electron chi connectivity index (χ3n) is 3.67. The SMILES string of the molecule is CCC(c1cccc(F)c1)C1CCNCC1. The Balaban J connectivity index is 2.14. The summed E-state index contributed by atoms with van der Waals surface area (Å²) in [7, 11) is 0. The smallest absolute Gasteiger partial charge is 0.123 e. The average molecular weight is 221 g/mol. The summed E-state index contributed by atoms with van der Waals surface area (Å²) in [5, 5.41) is 3.38. The summed E-state index contributed by atoms with van der Waals surface area (Å²) >= 11 is 0. The Kier molecular flexibility index (Phi) is 3.94. The number of rotatable bonds is 3. The molecule has 0 bridgehead atoms. The highest BCUT2D eigenvalue weighted by atomic mass is 19.1. The lowest BCUT2D eigenvalue weighted by Gasteiger charge is -2.30. The quantitative estimate of drug-likeness (QED) is 0.825. The highest BCUT2D eigenvalue weighted by molar-refractivity contribution is 5.21. The van der Waals surface area contributed by atoms with E-state index in [1.807, 2.05) is 6.07 Å². The van der Waals surface area contributed by atoms with Crippen LogP contribution in [0.2, 0.25) is 0 Å². The third kappa shape index (κ3) is 2.62. The van der Waals surface area contributed by atoms with Gasteiger partial charge in [-0.05, 0) is 61.9 Å². The fraction of sp³-hybridized carbons (Fsp3) is 0.571. The molecule has 1 N–H and O–H groups in total. The van der Waals surface area contributed by atoms with Crippen molar-refractivity contribution >= 4 is 0 Å². The Morgan fingerprint density at radius 3 is 2.75 bits per heavy atom. The first-order valence-electron chi connectivity index (χ1n) is 6.27. The van der Waals surface area contributed by atoms with Gasteiger partial charge in [-0.25, -0.2) is 4.39 Å². The Morgan fingerprint density at radius 2 is 2.12 bits per heavy atom. The minimum atomic E-state index is -0.107. The molecule has 0 amide bonds. The molecule has 1 unspecified atom stereocenters. The monoisotopic (exact) mass is 221 g/mol. The number of nitrogens with one attached hydrogen (secondary N) is 1. The van der Waals surface area contributed by atoms with Crippen LogP contribution in [0, 0.1) is 11.7 Å². The van der Waals surface area contributed by atoms with Crippen molar-refractivity contribution in [3.05, 3.63) is 35.6 Å². The largest absolute Gasteiger partial charge is 0.317 e. The fourth-order valence-electron chi connectivity index (χ4n) is 2.83. The summed E-state index contributed by atoms with van der Waals surface area (Å²) in [6.45, 7) is 4.42. The van der Waals surface area contributed by atoms with E-state index in [2.05, 4.69) is 18.3 Å². The standard InChI is InChI=1S/C14H20FN/c1-2-14(11-6-8-16-9-7-11)12-4-3-5-13(15)10-12/h3-5,10-11,14,16H,2,6-9H2,1H3. The highest BCUT2D eigenvalue weighted by Crippen LogP contribution is 2.33. The zero-order chi connectivity index (χ0) is 11.4. The molecule has 1 atom stereocenters. The molecule has 0 aliphatic carbocycles. The summed E-state index contributed by atoms with van der Waals surface area (Å²) in [4.78, 5) is 0. The summed E-state index contributed by atoms with van der Waals surface area (Å²) in [5.74, 6) is 1.13. The predicted molar refractivity (Wildman–Crippen MR) is 65.0 cm³/mol. The molecule has 16 heavy (non-hydrogen) atoms. The van der Waals surface area contributed by atoms with Crippen LogP contribution in [0.4, 0.5) is 4.39 Å². The maximum Gasteiger partial charge on any atom is 0.123 e. The van der Waals surface area contributed by atoms with E-state index in [0.717, 1.165) is 19.5 Å².